The fourth-order valence-electron chi connectivity index (χ4n) is 3.71. The summed E-state index contributed by atoms with van der Waals surface area (Å²) < 4.78 is 4.99. The average molecular weight is 424 g/mol. The van der Waals surface area contributed by atoms with Crippen LogP contribution >= 0.6 is 0 Å². The van der Waals surface area contributed by atoms with Crippen molar-refractivity contribution in [1.82, 2.24) is 19.8 Å². The van der Waals surface area contributed by atoms with Gasteiger partial charge in [0.1, 0.15) is 0 Å². The minimum absolute atomic E-state index is 0.248. The number of benzene rings is 1. The van der Waals surface area contributed by atoms with Gasteiger partial charge in [-0.05, 0) is 30.7 Å². The van der Waals surface area contributed by atoms with E-state index in [4.69, 9.17) is 4.74 Å². The van der Waals surface area contributed by atoms with Gasteiger partial charge in [-0.1, -0.05) is 0 Å². The number of methoxy groups -OCH3 is 1. The van der Waals surface area contributed by atoms with Crippen molar-refractivity contribution in [3.63, 3.8) is 0 Å². The molecule has 0 atom stereocenters. The smallest absolute Gasteiger partial charge is 0.321 e. The van der Waals surface area contributed by atoms with E-state index in [0.717, 1.165) is 0 Å². The first kappa shape index (κ1) is 20.7. The second-order valence-corrected chi connectivity index (χ2v) is 7.32. The number of amides is 4. The Morgan fingerprint density at radius 1 is 1.06 bits per heavy atom. The highest BCUT2D eigenvalue weighted by molar-refractivity contribution is 6.21. The Morgan fingerprint density at radius 3 is 2.48 bits per heavy atom. The van der Waals surface area contributed by atoms with Crippen LogP contribution in [-0.4, -0.2) is 84.1 Å². The van der Waals surface area contributed by atoms with Gasteiger partial charge in [0.15, 0.2) is 0 Å². The number of nitrogens with one attached hydrogen (secondary N) is 1. The van der Waals surface area contributed by atoms with Gasteiger partial charge in [-0.2, -0.15) is 0 Å². The van der Waals surface area contributed by atoms with E-state index in [1.165, 1.54) is 4.90 Å². The zero-order chi connectivity index (χ0) is 21.8. The predicted octanol–water partition coefficient (Wildman–Crippen LogP) is 1.46. The average Bonchev–Trinajstić information content (AvgIpc) is 3.04. The maximum Gasteiger partial charge on any atom is 0.321 e. The largest absolute Gasteiger partial charge is 0.385 e. The lowest BCUT2D eigenvalue weighted by molar-refractivity contribution is 0.0638. The standard InChI is InChI=1S/C21H24N6O4/c1-31-13-3-8-27-18(28)16-5-4-15(14-17(16)19(27)29)24-21(30)26-11-9-25(10-12-26)20-22-6-2-7-23-20/h2,4-7,14H,3,8-13H2,1H3,(H,24,30). The summed E-state index contributed by atoms with van der Waals surface area (Å²) in [6, 6.07) is 6.32. The molecule has 0 radical (unpaired) electrons. The highest BCUT2D eigenvalue weighted by Gasteiger charge is 2.35. The molecule has 10 nitrogen and oxygen atoms in total. The molecule has 162 valence electrons. The van der Waals surface area contributed by atoms with Crippen LogP contribution in [0.5, 0.6) is 0 Å². The molecule has 4 rings (SSSR count). The highest BCUT2D eigenvalue weighted by atomic mass is 16.5. The number of hydrogen-bond acceptors (Lipinski definition) is 7. The number of urea groups is 1. The van der Waals surface area contributed by atoms with Crippen molar-refractivity contribution in [1.29, 1.82) is 0 Å². The molecule has 0 saturated carbocycles. The minimum atomic E-state index is -0.344. The molecule has 1 saturated heterocycles. The van der Waals surface area contributed by atoms with Crippen molar-refractivity contribution in [3.05, 3.63) is 47.8 Å². The summed E-state index contributed by atoms with van der Waals surface area (Å²) in [7, 11) is 1.58. The summed E-state index contributed by atoms with van der Waals surface area (Å²) in [5, 5.41) is 2.83. The molecule has 0 aliphatic carbocycles. The van der Waals surface area contributed by atoms with Gasteiger partial charge >= 0.3 is 6.03 Å². The molecule has 0 unspecified atom stereocenters. The second kappa shape index (κ2) is 9.09. The van der Waals surface area contributed by atoms with Crippen LogP contribution in [0.3, 0.4) is 0 Å². The molecule has 4 amide bonds. The zero-order valence-electron chi connectivity index (χ0n) is 17.3. The number of rotatable bonds is 6. The van der Waals surface area contributed by atoms with Crippen molar-refractivity contribution >= 4 is 29.5 Å². The molecule has 1 N–H and O–H groups in total. The molecule has 0 bridgehead atoms. The summed E-state index contributed by atoms with van der Waals surface area (Å²) in [5.74, 6) is -0.00340. The number of fused-ring (bicyclic) bond motifs is 1. The van der Waals surface area contributed by atoms with Crippen LogP contribution in [0.2, 0.25) is 0 Å². The Hall–Kier alpha value is -3.53. The monoisotopic (exact) mass is 424 g/mol. The predicted molar refractivity (Wildman–Crippen MR) is 113 cm³/mol. The van der Waals surface area contributed by atoms with E-state index in [1.807, 2.05) is 4.90 Å². The zero-order valence-corrected chi connectivity index (χ0v) is 17.3. The van der Waals surface area contributed by atoms with Crippen LogP contribution in [-0.2, 0) is 4.74 Å². The summed E-state index contributed by atoms with van der Waals surface area (Å²) in [6.07, 6.45) is 3.96. The van der Waals surface area contributed by atoms with Crippen LogP contribution < -0.4 is 10.2 Å². The lowest BCUT2D eigenvalue weighted by Gasteiger charge is -2.34. The topological polar surface area (TPSA) is 108 Å². The maximum absolute atomic E-state index is 12.7. The Morgan fingerprint density at radius 2 is 1.77 bits per heavy atom. The Balaban J connectivity index is 1.36. The van der Waals surface area contributed by atoms with Gasteiger partial charge in [-0.15, -0.1) is 0 Å². The summed E-state index contributed by atoms with van der Waals surface area (Å²) in [5.41, 5.74) is 1.15. The van der Waals surface area contributed by atoms with E-state index >= 15 is 0 Å². The van der Waals surface area contributed by atoms with Gasteiger partial charge in [0.2, 0.25) is 5.95 Å². The fraction of sp³-hybridized carbons (Fsp3) is 0.381. The summed E-state index contributed by atoms with van der Waals surface area (Å²) >= 11 is 0. The third-order valence-electron chi connectivity index (χ3n) is 5.35. The van der Waals surface area contributed by atoms with Crippen molar-refractivity contribution in [2.45, 2.75) is 6.42 Å². The van der Waals surface area contributed by atoms with E-state index in [-0.39, 0.29) is 17.8 Å². The number of carbonyl (C=O) groups is 3. The van der Waals surface area contributed by atoms with Crippen molar-refractivity contribution in [2.24, 2.45) is 0 Å². The Labute approximate surface area is 179 Å². The first-order chi connectivity index (χ1) is 15.1. The Bertz CT molecular complexity index is 975. The molecular formula is C21H24N6O4. The first-order valence-electron chi connectivity index (χ1n) is 10.2. The summed E-state index contributed by atoms with van der Waals surface area (Å²) in [6.45, 7) is 3.09. The number of anilines is 2. The first-order valence-corrected chi connectivity index (χ1v) is 10.2. The highest BCUT2D eigenvalue weighted by Crippen LogP contribution is 2.26. The van der Waals surface area contributed by atoms with E-state index in [1.54, 1.807) is 48.7 Å². The maximum atomic E-state index is 12.7. The molecule has 0 spiro atoms. The van der Waals surface area contributed by atoms with Gasteiger partial charge in [-0.25, -0.2) is 14.8 Å². The Kier molecular flexibility index (Phi) is 6.08. The van der Waals surface area contributed by atoms with Gasteiger partial charge in [-0.3, -0.25) is 14.5 Å². The quantitative estimate of drug-likeness (QED) is 0.552. The van der Waals surface area contributed by atoms with Gasteiger partial charge in [0, 0.05) is 64.5 Å². The lowest BCUT2D eigenvalue weighted by atomic mass is 10.1. The molecule has 31 heavy (non-hydrogen) atoms. The molecule has 2 aliphatic heterocycles. The van der Waals surface area contributed by atoms with E-state index in [0.29, 0.717) is 68.5 Å². The van der Waals surface area contributed by atoms with E-state index in [2.05, 4.69) is 15.3 Å². The van der Waals surface area contributed by atoms with Gasteiger partial charge < -0.3 is 19.9 Å². The molecule has 10 heteroatoms. The molecule has 2 aliphatic rings. The molecule has 1 aromatic carbocycles. The van der Waals surface area contributed by atoms with Crippen LogP contribution in [0.15, 0.2) is 36.7 Å². The number of piperazine rings is 1. The molecule has 2 aromatic rings. The van der Waals surface area contributed by atoms with Crippen LogP contribution in [0, 0.1) is 0 Å². The number of aromatic nitrogens is 2. The summed E-state index contributed by atoms with van der Waals surface area (Å²) in [4.78, 5) is 51.2. The fourth-order valence-corrected chi connectivity index (χ4v) is 3.71. The molecular weight excluding hydrogens is 400 g/mol. The minimum Gasteiger partial charge on any atom is -0.385 e. The molecule has 3 heterocycles. The normalized spacial score (nSPS) is 16.0. The molecule has 1 aromatic heterocycles. The van der Waals surface area contributed by atoms with Gasteiger partial charge in [0.25, 0.3) is 11.8 Å². The SMILES string of the molecule is COCCCN1C(=O)c2ccc(NC(=O)N3CCN(c4ncccn4)CC3)cc2C1=O. The van der Waals surface area contributed by atoms with Gasteiger partial charge in [0.05, 0.1) is 11.1 Å². The lowest BCUT2D eigenvalue weighted by Crippen LogP contribution is -2.50. The van der Waals surface area contributed by atoms with E-state index < -0.39 is 0 Å². The van der Waals surface area contributed by atoms with Crippen LogP contribution in [0.25, 0.3) is 0 Å². The second-order valence-electron chi connectivity index (χ2n) is 7.32. The third-order valence-corrected chi connectivity index (χ3v) is 5.35. The van der Waals surface area contributed by atoms with Crippen molar-refractivity contribution in [2.75, 3.05) is 56.7 Å². The molecule has 1 fully saturated rings. The van der Waals surface area contributed by atoms with Crippen LogP contribution in [0.4, 0.5) is 16.4 Å². The van der Waals surface area contributed by atoms with Crippen molar-refractivity contribution in [3.8, 4) is 0 Å². The number of ether oxygens (including phenoxy) is 1. The van der Waals surface area contributed by atoms with E-state index in [9.17, 15) is 14.4 Å². The number of nitrogens with zero attached hydrogens (tertiary/aromatic N) is 5. The number of carbonyl (C=O) groups excluding carboxylic acids is 3. The van der Waals surface area contributed by atoms with Crippen LogP contribution in [0.1, 0.15) is 27.1 Å². The third kappa shape index (κ3) is 4.33. The number of imide groups is 1. The number of hydrogen-bond donors (Lipinski definition) is 1. The van der Waals surface area contributed by atoms with Crippen molar-refractivity contribution < 1.29 is 19.1 Å².